The molecule has 0 saturated heterocycles. The van der Waals surface area contributed by atoms with Gasteiger partial charge in [-0.1, -0.05) is 234 Å². The quantitative estimate of drug-likeness (QED) is 0.128. The first-order chi connectivity index (χ1) is 25.4. The van der Waals surface area contributed by atoms with Crippen molar-refractivity contribution in [3.8, 4) is 0 Å². The van der Waals surface area contributed by atoms with Gasteiger partial charge in [-0.2, -0.15) is 45.8 Å². The molecule has 6 heteroatoms. The molecule has 0 aliphatic heterocycles. The molecule has 6 aromatic carbocycles. The largest absolute Gasteiger partial charge is 4.00 e. The van der Waals surface area contributed by atoms with Crippen LogP contribution >= 0.6 is 0 Å². The molecular weight excluding hydrogens is 934 g/mol. The Morgan fingerprint density at radius 2 is 0.696 bits per heavy atom. The molecule has 1 radical (unpaired) electrons. The van der Waals surface area contributed by atoms with Gasteiger partial charge in [0.25, 0.3) is 0 Å². The minimum Gasteiger partial charge on any atom is -1.00 e. The van der Waals surface area contributed by atoms with Gasteiger partial charge < -0.3 is 24.8 Å². The van der Waals surface area contributed by atoms with E-state index < -0.39 is 16.1 Å². The number of rotatable bonds is 12. The molecule has 2 unspecified atom stereocenters. The second-order valence-corrected chi connectivity index (χ2v) is 26.5. The van der Waals surface area contributed by atoms with Crippen molar-refractivity contribution < 1.29 is 50.7 Å². The van der Waals surface area contributed by atoms with Gasteiger partial charge in [0, 0.05) is 9.52 Å². The monoisotopic (exact) mass is 999 g/mol. The van der Waals surface area contributed by atoms with Crippen LogP contribution in [-0.4, -0.2) is 25.7 Å². The van der Waals surface area contributed by atoms with E-state index in [2.05, 4.69) is 226 Å². The molecule has 0 bridgehead atoms. The minimum atomic E-state index is -1.90. The maximum absolute atomic E-state index is 2.47. The van der Waals surface area contributed by atoms with Gasteiger partial charge in [-0.05, 0) is 11.8 Å². The Morgan fingerprint density at radius 3 is 0.893 bits per heavy atom. The van der Waals surface area contributed by atoms with Gasteiger partial charge in [0.15, 0.2) is 0 Å². The van der Waals surface area contributed by atoms with E-state index in [4.69, 9.17) is 0 Å². The predicted octanol–water partition coefficient (Wildman–Crippen LogP) is 4.12. The van der Waals surface area contributed by atoms with Crippen molar-refractivity contribution in [2.75, 3.05) is 0 Å². The van der Waals surface area contributed by atoms with E-state index in [1.165, 1.54) is 55.1 Å². The van der Waals surface area contributed by atoms with Crippen molar-refractivity contribution in [1.82, 2.24) is 0 Å². The summed E-state index contributed by atoms with van der Waals surface area (Å²) in [4.78, 5) is 0. The van der Waals surface area contributed by atoms with Crippen LogP contribution in [0.4, 0.5) is 0 Å². The van der Waals surface area contributed by atoms with Crippen molar-refractivity contribution in [3.63, 3.8) is 0 Å². The molecule has 0 nitrogen and oxygen atoms in total. The molecule has 0 spiro atoms. The summed E-state index contributed by atoms with van der Waals surface area (Å²) >= 11 is 0. The molecule has 0 aromatic heterocycles. The zero-order valence-corrected chi connectivity index (χ0v) is 43.8. The minimum absolute atomic E-state index is 0. The Labute approximate surface area is 377 Å². The summed E-state index contributed by atoms with van der Waals surface area (Å²) in [6.07, 6.45) is 2.75. The van der Waals surface area contributed by atoms with E-state index in [1.807, 2.05) is 0 Å². The van der Waals surface area contributed by atoms with E-state index in [9.17, 15) is 0 Å². The summed E-state index contributed by atoms with van der Waals surface area (Å²) < 4.78 is 0. The van der Waals surface area contributed by atoms with Crippen LogP contribution in [0.15, 0.2) is 158 Å². The Balaban J connectivity index is 0.000000443. The number of hydrogen-bond acceptors (Lipinski definition) is 0. The predicted molar refractivity (Wildman–Crippen MR) is 246 cm³/mol. The van der Waals surface area contributed by atoms with Crippen LogP contribution in [0.25, 0.3) is 0 Å². The first-order valence-electron chi connectivity index (χ1n) is 20.1. The van der Waals surface area contributed by atoms with Crippen molar-refractivity contribution in [2.45, 2.75) is 104 Å². The fourth-order valence-electron chi connectivity index (χ4n) is 7.18. The Kier molecular flexibility index (Phi) is 23.3. The van der Waals surface area contributed by atoms with Crippen molar-refractivity contribution in [1.29, 1.82) is 0 Å². The van der Waals surface area contributed by atoms with Crippen molar-refractivity contribution >= 4 is 56.8 Å². The van der Waals surface area contributed by atoms with Crippen LogP contribution in [-0.2, 0) is 25.8 Å². The average molecular weight is 1000 g/mol. The molecule has 295 valence electrons. The fourth-order valence-corrected chi connectivity index (χ4v) is 16.0. The molecule has 0 aliphatic carbocycles. The molecule has 6 aromatic rings. The maximum Gasteiger partial charge on any atom is 4.00 e. The summed E-state index contributed by atoms with van der Waals surface area (Å²) in [6, 6.07) is 58.2. The third kappa shape index (κ3) is 13.4. The van der Waals surface area contributed by atoms with Crippen molar-refractivity contribution in [3.05, 3.63) is 169 Å². The van der Waals surface area contributed by atoms with E-state index >= 15 is 0 Å². The molecule has 2 atom stereocenters. The normalized spacial score (nSPS) is 12.1. The van der Waals surface area contributed by atoms with Crippen LogP contribution < -0.4 is 55.9 Å². The van der Waals surface area contributed by atoms with E-state index in [-0.39, 0.29) is 50.7 Å². The van der Waals surface area contributed by atoms with E-state index in [0.717, 1.165) is 20.6 Å². The zero-order valence-electron chi connectivity index (χ0n) is 35.6. The molecule has 0 N–H and O–H groups in total. The van der Waals surface area contributed by atoms with Crippen LogP contribution in [0.5, 0.6) is 0 Å². The van der Waals surface area contributed by atoms with Crippen LogP contribution in [0, 0.1) is 0 Å². The van der Waals surface area contributed by atoms with Crippen LogP contribution in [0.3, 0.4) is 0 Å². The van der Waals surface area contributed by atoms with Crippen molar-refractivity contribution in [2.24, 2.45) is 0 Å². The maximum atomic E-state index is 2.47. The van der Waals surface area contributed by atoms with E-state index in [1.54, 1.807) is 0 Å². The Bertz CT molecular complexity index is 1670. The number of hydrogen-bond donors (Lipinski definition) is 0. The summed E-state index contributed by atoms with van der Waals surface area (Å²) in [6.45, 7) is 23.3. The Hall–Kier alpha value is -2.32. The molecule has 56 heavy (non-hydrogen) atoms. The summed E-state index contributed by atoms with van der Waals surface area (Å²) in [5, 5.41) is 8.91. The fraction of sp³-hybridized carbons (Fsp3) is 0.320. The summed E-state index contributed by atoms with van der Waals surface area (Å²) in [5.74, 6) is 1.16. The first-order valence-corrected chi connectivity index (χ1v) is 26.4. The smallest absolute Gasteiger partial charge is 1.00 e. The van der Waals surface area contributed by atoms with Gasteiger partial charge in [-0.3, -0.25) is 0 Å². The molecule has 0 aliphatic rings. The van der Waals surface area contributed by atoms with Gasteiger partial charge in [0.1, 0.15) is 0 Å². The first kappa shape index (κ1) is 51.7. The van der Waals surface area contributed by atoms with Gasteiger partial charge in [0.2, 0.25) is 0 Å². The molecule has 0 saturated carbocycles. The number of benzene rings is 4. The number of halogens is 2. The van der Waals surface area contributed by atoms with Gasteiger partial charge in [0.05, 0.1) is 16.1 Å². The third-order valence-corrected chi connectivity index (χ3v) is 22.5. The molecule has 0 amide bonds. The van der Waals surface area contributed by atoms with Gasteiger partial charge >= 0.3 is 25.8 Å². The average Bonchev–Trinajstić information content (AvgIpc) is 3.92. The van der Waals surface area contributed by atoms with Gasteiger partial charge in [-0.15, -0.1) is 0 Å². The second kappa shape index (κ2) is 25.2. The van der Waals surface area contributed by atoms with Crippen LogP contribution in [0.1, 0.15) is 91.2 Å². The zero-order chi connectivity index (χ0) is 38.4. The Morgan fingerprint density at radius 1 is 0.446 bits per heavy atom. The second-order valence-electron chi connectivity index (χ2n) is 15.9. The van der Waals surface area contributed by atoms with E-state index in [0.29, 0.717) is 11.8 Å². The molecule has 0 heterocycles. The van der Waals surface area contributed by atoms with Crippen LogP contribution in [0.2, 0.25) is 24.2 Å². The third-order valence-electron chi connectivity index (χ3n) is 11.4. The standard InChI is InChI=1S/2C21H23Si.C8H19Si.2ClH.Hf/c2*1-17(2)18-14-15-21(16-18)22(3,19-10-6-4-7-11-19)20-12-8-5-9-13-20;1-5-7(3)9-8(4)6-2;;;/h2*4-17H,1-3H3;7-9H,5-6H2,1-4H3;2*1H;/q2*-1;;;;+4/p-2. The topological polar surface area (TPSA) is 0 Å². The molecular formula is C50H65Cl2HfSi3. The molecule has 6 rings (SSSR count). The summed E-state index contributed by atoms with van der Waals surface area (Å²) in [5.41, 5.74) is 4.92. The SMILES string of the molecule is CC(C)c1cc([Si](C)(c2ccccc2)c2ccccc2)c[cH-]1.CC(C)c1cc([Si](C)(c2ccccc2)c2ccccc2)c[cH-]1.CCC(C)[SiH]C(C)CC.[Cl-].[Cl-].[Hf+4]. The van der Waals surface area contributed by atoms with Gasteiger partial charge in [-0.25, -0.2) is 12.1 Å². The summed E-state index contributed by atoms with van der Waals surface area (Å²) in [7, 11) is -3.09. The molecule has 0 fully saturated rings.